The van der Waals surface area contributed by atoms with Crippen LogP contribution in [0.5, 0.6) is 5.75 Å². The van der Waals surface area contributed by atoms with Gasteiger partial charge in [0.15, 0.2) is 0 Å². The van der Waals surface area contributed by atoms with Crippen molar-refractivity contribution in [1.82, 2.24) is 20.1 Å². The molecule has 6 nitrogen and oxygen atoms in total. The van der Waals surface area contributed by atoms with Crippen LogP contribution in [0.1, 0.15) is 11.1 Å². The highest BCUT2D eigenvalue weighted by atomic mass is 16.5. The Morgan fingerprint density at radius 1 is 1.10 bits per heavy atom. The topological polar surface area (TPSA) is 60.6 Å². The minimum Gasteiger partial charge on any atom is -0.497 e. The Morgan fingerprint density at radius 2 is 1.93 bits per heavy atom. The molecule has 1 heterocycles. The molecule has 3 rings (SSSR count). The second-order valence-corrected chi connectivity index (χ2v) is 7.42. The number of aromatic nitrogens is 1. The summed E-state index contributed by atoms with van der Waals surface area (Å²) in [6, 6.07) is 16.0. The van der Waals surface area contributed by atoms with E-state index in [1.54, 1.807) is 7.11 Å². The quantitative estimate of drug-likeness (QED) is 0.584. The second-order valence-electron chi connectivity index (χ2n) is 7.42. The zero-order valence-electron chi connectivity index (χ0n) is 17.4. The Morgan fingerprint density at radius 3 is 2.72 bits per heavy atom. The molecule has 0 spiro atoms. The molecule has 2 N–H and O–H groups in total. The van der Waals surface area contributed by atoms with Gasteiger partial charge in [0, 0.05) is 43.3 Å². The van der Waals surface area contributed by atoms with Crippen molar-refractivity contribution in [3.05, 3.63) is 65.9 Å². The first kappa shape index (κ1) is 20.7. The van der Waals surface area contributed by atoms with E-state index in [4.69, 9.17) is 4.74 Å². The normalized spacial score (nSPS) is 11.0. The number of carbonyl (C=O) groups is 1. The van der Waals surface area contributed by atoms with Crippen LogP contribution < -0.4 is 10.1 Å². The number of rotatable bonds is 9. The number of amides is 2. The van der Waals surface area contributed by atoms with Crippen LogP contribution in [0.3, 0.4) is 0 Å². The van der Waals surface area contributed by atoms with Crippen LogP contribution in [-0.4, -0.2) is 61.7 Å². The number of hydrogen-bond acceptors (Lipinski definition) is 3. The Bertz CT molecular complexity index is 935. The zero-order valence-corrected chi connectivity index (χ0v) is 17.4. The van der Waals surface area contributed by atoms with Crippen LogP contribution in [0.2, 0.25) is 0 Å². The number of likely N-dealkylation sites (N-methyl/N-ethyl adjacent to an activating group) is 1. The molecule has 154 valence electrons. The van der Waals surface area contributed by atoms with Gasteiger partial charge >= 0.3 is 6.03 Å². The standard InChI is InChI=1S/C23H30N4O2/c1-26(2)13-14-27(17-18-7-6-8-20(15-18)29-3)23(28)24-12-11-19-16-25-22-10-5-4-9-21(19)22/h4-10,15-16,25H,11-14,17H2,1-3H3,(H,24,28). The van der Waals surface area contributed by atoms with Crippen LogP contribution >= 0.6 is 0 Å². The van der Waals surface area contributed by atoms with E-state index >= 15 is 0 Å². The van der Waals surface area contributed by atoms with Crippen molar-refractivity contribution in [3.63, 3.8) is 0 Å². The van der Waals surface area contributed by atoms with E-state index in [9.17, 15) is 4.79 Å². The van der Waals surface area contributed by atoms with Gasteiger partial charge in [-0.25, -0.2) is 4.79 Å². The molecule has 6 heteroatoms. The van der Waals surface area contributed by atoms with Gasteiger partial charge in [-0.15, -0.1) is 0 Å². The van der Waals surface area contributed by atoms with Gasteiger partial charge in [0.2, 0.25) is 0 Å². The Kier molecular flexibility index (Phi) is 7.14. The fraction of sp³-hybridized carbons (Fsp3) is 0.348. The third-order valence-corrected chi connectivity index (χ3v) is 4.96. The number of nitrogens with zero attached hydrogens (tertiary/aromatic N) is 2. The van der Waals surface area contributed by atoms with Gasteiger partial charge in [0.25, 0.3) is 0 Å². The minimum absolute atomic E-state index is 0.0467. The fourth-order valence-electron chi connectivity index (χ4n) is 3.32. The lowest BCUT2D eigenvalue weighted by molar-refractivity contribution is 0.189. The summed E-state index contributed by atoms with van der Waals surface area (Å²) in [6.07, 6.45) is 2.81. The molecule has 0 saturated carbocycles. The Hall–Kier alpha value is -2.99. The summed E-state index contributed by atoms with van der Waals surface area (Å²) in [5.74, 6) is 0.801. The molecule has 0 unspecified atom stereocenters. The monoisotopic (exact) mass is 394 g/mol. The van der Waals surface area contributed by atoms with Crippen molar-refractivity contribution >= 4 is 16.9 Å². The molecular formula is C23H30N4O2. The maximum absolute atomic E-state index is 12.9. The van der Waals surface area contributed by atoms with Crippen molar-refractivity contribution in [2.45, 2.75) is 13.0 Å². The van der Waals surface area contributed by atoms with Crippen molar-refractivity contribution in [1.29, 1.82) is 0 Å². The predicted molar refractivity (Wildman–Crippen MR) is 117 cm³/mol. The number of aromatic amines is 1. The molecule has 0 bridgehead atoms. The van der Waals surface area contributed by atoms with Crippen LogP contribution in [-0.2, 0) is 13.0 Å². The number of carbonyl (C=O) groups excluding carboxylic acids is 1. The van der Waals surface area contributed by atoms with E-state index in [0.29, 0.717) is 19.6 Å². The van der Waals surface area contributed by atoms with E-state index in [2.05, 4.69) is 27.3 Å². The second kappa shape index (κ2) is 9.98. The first-order valence-electron chi connectivity index (χ1n) is 9.92. The number of para-hydroxylation sites is 1. The number of nitrogens with one attached hydrogen (secondary N) is 2. The van der Waals surface area contributed by atoms with Gasteiger partial charge in [-0.1, -0.05) is 30.3 Å². The molecule has 29 heavy (non-hydrogen) atoms. The highest BCUT2D eigenvalue weighted by molar-refractivity contribution is 5.83. The molecule has 2 amide bonds. The number of H-pyrrole nitrogens is 1. The van der Waals surface area contributed by atoms with Crippen LogP contribution in [0.15, 0.2) is 54.7 Å². The van der Waals surface area contributed by atoms with Gasteiger partial charge in [0.1, 0.15) is 5.75 Å². The average molecular weight is 395 g/mol. The summed E-state index contributed by atoms with van der Waals surface area (Å²) in [5, 5.41) is 4.29. The molecule has 2 aromatic carbocycles. The highest BCUT2D eigenvalue weighted by Gasteiger charge is 2.14. The number of benzene rings is 2. The van der Waals surface area contributed by atoms with E-state index < -0.39 is 0 Å². The van der Waals surface area contributed by atoms with E-state index in [1.165, 1.54) is 10.9 Å². The number of hydrogen-bond donors (Lipinski definition) is 2. The summed E-state index contributed by atoms with van der Waals surface area (Å²) >= 11 is 0. The van der Waals surface area contributed by atoms with Crippen molar-refractivity contribution in [3.8, 4) is 5.75 Å². The molecule has 0 radical (unpaired) electrons. The molecule has 0 atom stereocenters. The summed E-state index contributed by atoms with van der Waals surface area (Å²) < 4.78 is 5.31. The molecule has 3 aromatic rings. The van der Waals surface area contributed by atoms with Gasteiger partial charge < -0.3 is 24.8 Å². The third kappa shape index (κ3) is 5.74. The first-order chi connectivity index (χ1) is 14.1. The van der Waals surface area contributed by atoms with Crippen LogP contribution in [0, 0.1) is 0 Å². The summed E-state index contributed by atoms with van der Waals surface area (Å²) in [4.78, 5) is 20.1. The summed E-state index contributed by atoms with van der Waals surface area (Å²) in [6.45, 7) is 2.60. The number of ether oxygens (including phenoxy) is 1. The fourth-order valence-corrected chi connectivity index (χ4v) is 3.32. The van der Waals surface area contributed by atoms with Crippen molar-refractivity contribution < 1.29 is 9.53 Å². The Balaban J connectivity index is 1.60. The van der Waals surface area contributed by atoms with Gasteiger partial charge in [-0.2, -0.15) is 0 Å². The van der Waals surface area contributed by atoms with E-state index in [0.717, 1.165) is 29.8 Å². The van der Waals surface area contributed by atoms with Crippen LogP contribution in [0.25, 0.3) is 10.9 Å². The molecular weight excluding hydrogens is 364 g/mol. The summed E-state index contributed by atoms with van der Waals surface area (Å²) in [7, 11) is 5.68. The zero-order chi connectivity index (χ0) is 20.6. The van der Waals surface area contributed by atoms with E-state index in [-0.39, 0.29) is 6.03 Å². The number of urea groups is 1. The number of methoxy groups -OCH3 is 1. The summed E-state index contributed by atoms with van der Waals surface area (Å²) in [5.41, 5.74) is 3.39. The SMILES string of the molecule is COc1cccc(CN(CCN(C)C)C(=O)NCCc2c[nH]c3ccccc23)c1. The molecule has 0 saturated heterocycles. The largest absolute Gasteiger partial charge is 0.497 e. The van der Waals surface area contributed by atoms with Crippen molar-refractivity contribution in [2.24, 2.45) is 0 Å². The average Bonchev–Trinajstić information content (AvgIpc) is 3.14. The smallest absolute Gasteiger partial charge is 0.317 e. The molecule has 0 aliphatic rings. The van der Waals surface area contributed by atoms with E-state index in [1.807, 2.05) is 61.6 Å². The highest BCUT2D eigenvalue weighted by Crippen LogP contribution is 2.18. The maximum atomic E-state index is 12.9. The lowest BCUT2D eigenvalue weighted by Gasteiger charge is -2.25. The van der Waals surface area contributed by atoms with Gasteiger partial charge in [-0.05, 0) is 49.8 Å². The van der Waals surface area contributed by atoms with Crippen molar-refractivity contribution in [2.75, 3.05) is 40.8 Å². The molecule has 0 aliphatic heterocycles. The maximum Gasteiger partial charge on any atom is 0.317 e. The minimum atomic E-state index is -0.0467. The lowest BCUT2D eigenvalue weighted by atomic mass is 10.1. The Labute approximate surface area is 172 Å². The molecule has 1 aromatic heterocycles. The molecule has 0 fully saturated rings. The molecule has 0 aliphatic carbocycles. The van der Waals surface area contributed by atoms with Gasteiger partial charge in [0.05, 0.1) is 7.11 Å². The lowest BCUT2D eigenvalue weighted by Crippen LogP contribution is -2.43. The predicted octanol–water partition coefficient (Wildman–Crippen LogP) is 3.49. The van der Waals surface area contributed by atoms with Crippen LogP contribution in [0.4, 0.5) is 4.79 Å². The third-order valence-electron chi connectivity index (χ3n) is 4.96. The van der Waals surface area contributed by atoms with Gasteiger partial charge in [-0.3, -0.25) is 0 Å². The number of fused-ring (bicyclic) bond motifs is 1. The first-order valence-corrected chi connectivity index (χ1v) is 9.92.